The van der Waals surface area contributed by atoms with E-state index in [0.717, 1.165) is 0 Å². The molecule has 0 atom stereocenters. The van der Waals surface area contributed by atoms with E-state index in [4.69, 9.17) is 14.3 Å². The van der Waals surface area contributed by atoms with Crippen molar-refractivity contribution < 1.29 is 23.8 Å². The van der Waals surface area contributed by atoms with Crippen molar-refractivity contribution in [2.75, 3.05) is 33.9 Å². The van der Waals surface area contributed by atoms with Gasteiger partial charge in [0.25, 0.3) is 0 Å². The zero-order valence-electron chi connectivity index (χ0n) is 11.0. The highest BCUT2D eigenvalue weighted by molar-refractivity contribution is 5.88. The highest BCUT2D eigenvalue weighted by Gasteiger charge is 2.16. The fraction of sp³-hybridized carbons (Fsp3) is 0.500. The lowest BCUT2D eigenvalue weighted by Gasteiger charge is -2.15. The fourth-order valence-corrected chi connectivity index (χ4v) is 1.55. The Labute approximate surface area is 111 Å². The highest BCUT2D eigenvalue weighted by Crippen LogP contribution is 2.12. The van der Waals surface area contributed by atoms with Crippen LogP contribution in [-0.2, 0) is 16.1 Å². The quantitative estimate of drug-likeness (QED) is 0.654. The topological polar surface area (TPSA) is 92.0 Å². The second-order valence-electron chi connectivity index (χ2n) is 4.08. The number of carboxylic acid groups (broad SMARTS) is 1. The number of ether oxygens (including phenoxy) is 1. The van der Waals surface area contributed by atoms with Gasteiger partial charge in [0.2, 0.25) is 5.91 Å². The molecule has 0 bridgehead atoms. The second-order valence-corrected chi connectivity index (χ2v) is 4.08. The zero-order chi connectivity index (χ0) is 14.3. The molecule has 0 fully saturated rings. The Hall–Kier alpha value is -1.86. The number of carboxylic acids is 1. The Balaban J connectivity index is 2.42. The van der Waals surface area contributed by atoms with Gasteiger partial charge >= 0.3 is 5.97 Å². The zero-order valence-corrected chi connectivity index (χ0v) is 11.0. The average molecular weight is 270 g/mol. The first-order chi connectivity index (χ1) is 9.04. The Kier molecular flexibility index (Phi) is 6.04. The maximum absolute atomic E-state index is 11.5. The van der Waals surface area contributed by atoms with E-state index >= 15 is 0 Å². The van der Waals surface area contributed by atoms with Crippen LogP contribution in [-0.4, -0.2) is 55.7 Å². The SMILES string of the molecule is COCCNC(=O)CN(C)Cc1occc1C(=O)O. The van der Waals surface area contributed by atoms with Gasteiger partial charge in [0.05, 0.1) is 26.0 Å². The van der Waals surface area contributed by atoms with Gasteiger partial charge in [-0.3, -0.25) is 9.69 Å². The van der Waals surface area contributed by atoms with Gasteiger partial charge in [-0.2, -0.15) is 0 Å². The molecule has 0 aliphatic rings. The van der Waals surface area contributed by atoms with Gasteiger partial charge in [0.15, 0.2) is 0 Å². The smallest absolute Gasteiger partial charge is 0.339 e. The van der Waals surface area contributed by atoms with Gasteiger partial charge in [0.1, 0.15) is 11.3 Å². The number of carbonyl (C=O) groups is 2. The van der Waals surface area contributed by atoms with E-state index in [9.17, 15) is 9.59 Å². The van der Waals surface area contributed by atoms with Crippen LogP contribution in [0.1, 0.15) is 16.1 Å². The normalized spacial score (nSPS) is 10.7. The highest BCUT2D eigenvalue weighted by atomic mass is 16.5. The summed E-state index contributed by atoms with van der Waals surface area (Å²) in [6.07, 6.45) is 1.32. The molecular formula is C12H18N2O5. The maximum atomic E-state index is 11.5. The Bertz CT molecular complexity index is 430. The molecule has 0 aliphatic heterocycles. The third-order valence-electron chi connectivity index (χ3n) is 2.43. The van der Waals surface area contributed by atoms with Crippen LogP contribution in [0.15, 0.2) is 16.7 Å². The van der Waals surface area contributed by atoms with E-state index in [2.05, 4.69) is 5.32 Å². The summed E-state index contributed by atoms with van der Waals surface area (Å²) in [4.78, 5) is 24.1. The van der Waals surface area contributed by atoms with Gasteiger partial charge in [-0.25, -0.2) is 4.79 Å². The molecular weight excluding hydrogens is 252 g/mol. The number of furan rings is 1. The molecule has 2 N–H and O–H groups in total. The van der Waals surface area contributed by atoms with Crippen molar-refractivity contribution in [3.8, 4) is 0 Å². The van der Waals surface area contributed by atoms with Crippen LogP contribution in [0.5, 0.6) is 0 Å². The van der Waals surface area contributed by atoms with Crippen molar-refractivity contribution in [1.82, 2.24) is 10.2 Å². The second kappa shape index (κ2) is 7.55. The fourth-order valence-electron chi connectivity index (χ4n) is 1.55. The van der Waals surface area contributed by atoms with Crippen LogP contribution in [0.2, 0.25) is 0 Å². The molecule has 0 aliphatic carbocycles. The first kappa shape index (κ1) is 15.2. The Morgan fingerprint density at radius 3 is 2.89 bits per heavy atom. The molecule has 0 aromatic carbocycles. The van der Waals surface area contributed by atoms with E-state index in [1.54, 1.807) is 19.1 Å². The van der Waals surface area contributed by atoms with Crippen LogP contribution in [0.25, 0.3) is 0 Å². The Morgan fingerprint density at radius 2 is 2.26 bits per heavy atom. The van der Waals surface area contributed by atoms with E-state index in [1.807, 2.05) is 0 Å². The molecule has 0 saturated carbocycles. The summed E-state index contributed by atoms with van der Waals surface area (Å²) >= 11 is 0. The molecule has 106 valence electrons. The van der Waals surface area contributed by atoms with E-state index in [0.29, 0.717) is 18.9 Å². The lowest BCUT2D eigenvalue weighted by Crippen LogP contribution is -2.36. The van der Waals surface area contributed by atoms with Crippen molar-refractivity contribution in [2.45, 2.75) is 6.54 Å². The average Bonchev–Trinajstić information content (AvgIpc) is 2.77. The summed E-state index contributed by atoms with van der Waals surface area (Å²) < 4.78 is 9.92. The summed E-state index contributed by atoms with van der Waals surface area (Å²) in [6.45, 7) is 1.32. The summed E-state index contributed by atoms with van der Waals surface area (Å²) in [5, 5.41) is 11.6. The number of methoxy groups -OCH3 is 1. The number of amides is 1. The third kappa shape index (κ3) is 5.11. The lowest BCUT2D eigenvalue weighted by atomic mass is 10.2. The number of carbonyl (C=O) groups excluding carboxylic acids is 1. The van der Waals surface area contributed by atoms with Gasteiger partial charge in [-0.05, 0) is 13.1 Å². The largest absolute Gasteiger partial charge is 0.478 e. The number of hydrogen-bond donors (Lipinski definition) is 2. The first-order valence-corrected chi connectivity index (χ1v) is 5.78. The number of nitrogens with one attached hydrogen (secondary N) is 1. The molecule has 0 saturated heterocycles. The van der Waals surface area contributed by atoms with Crippen molar-refractivity contribution in [3.63, 3.8) is 0 Å². The number of rotatable bonds is 8. The monoisotopic (exact) mass is 270 g/mol. The molecule has 1 rings (SSSR count). The number of nitrogens with zero attached hydrogens (tertiary/aromatic N) is 1. The molecule has 1 amide bonds. The van der Waals surface area contributed by atoms with Crippen LogP contribution in [0.4, 0.5) is 0 Å². The lowest BCUT2D eigenvalue weighted by molar-refractivity contribution is -0.122. The summed E-state index contributed by atoms with van der Waals surface area (Å²) in [7, 11) is 3.27. The maximum Gasteiger partial charge on any atom is 0.339 e. The predicted octanol–water partition coefficient (Wildman–Crippen LogP) is 0.172. The van der Waals surface area contributed by atoms with Gasteiger partial charge < -0.3 is 19.6 Å². The molecule has 0 unspecified atom stereocenters. The van der Waals surface area contributed by atoms with Gasteiger partial charge in [-0.1, -0.05) is 0 Å². The minimum atomic E-state index is -1.04. The standard InChI is InChI=1S/C12H18N2O5/c1-14(8-11(15)13-4-6-18-2)7-10-9(12(16)17)3-5-19-10/h3,5H,4,6-8H2,1-2H3,(H,13,15)(H,16,17). The van der Waals surface area contributed by atoms with Crippen molar-refractivity contribution >= 4 is 11.9 Å². The van der Waals surface area contributed by atoms with Crippen LogP contribution < -0.4 is 5.32 Å². The van der Waals surface area contributed by atoms with E-state index < -0.39 is 5.97 Å². The van der Waals surface area contributed by atoms with E-state index in [1.165, 1.54) is 12.3 Å². The van der Waals surface area contributed by atoms with Crippen molar-refractivity contribution in [3.05, 3.63) is 23.7 Å². The number of aromatic carboxylic acids is 1. The van der Waals surface area contributed by atoms with Gasteiger partial charge in [0, 0.05) is 13.7 Å². The Morgan fingerprint density at radius 1 is 1.53 bits per heavy atom. The molecule has 1 aromatic heterocycles. The molecule has 19 heavy (non-hydrogen) atoms. The first-order valence-electron chi connectivity index (χ1n) is 5.78. The molecule has 1 aromatic rings. The van der Waals surface area contributed by atoms with Crippen LogP contribution in [0, 0.1) is 0 Å². The molecule has 7 nitrogen and oxygen atoms in total. The van der Waals surface area contributed by atoms with Crippen LogP contribution in [0.3, 0.4) is 0 Å². The summed E-state index contributed by atoms with van der Waals surface area (Å²) in [5.74, 6) is -0.857. The number of hydrogen-bond acceptors (Lipinski definition) is 5. The summed E-state index contributed by atoms with van der Waals surface area (Å²) in [6, 6.07) is 1.39. The molecule has 7 heteroatoms. The van der Waals surface area contributed by atoms with Gasteiger partial charge in [-0.15, -0.1) is 0 Å². The minimum Gasteiger partial charge on any atom is -0.478 e. The third-order valence-corrected chi connectivity index (χ3v) is 2.43. The van der Waals surface area contributed by atoms with Crippen LogP contribution >= 0.6 is 0 Å². The molecule has 0 radical (unpaired) electrons. The van der Waals surface area contributed by atoms with Crippen molar-refractivity contribution in [2.24, 2.45) is 0 Å². The predicted molar refractivity (Wildman–Crippen MR) is 66.9 cm³/mol. The molecule has 0 spiro atoms. The van der Waals surface area contributed by atoms with Crippen molar-refractivity contribution in [1.29, 1.82) is 0 Å². The summed E-state index contributed by atoms with van der Waals surface area (Å²) in [5.41, 5.74) is 0.117. The minimum absolute atomic E-state index is 0.117. The number of likely N-dealkylation sites (N-methyl/N-ethyl adjacent to an activating group) is 1. The van der Waals surface area contributed by atoms with E-state index in [-0.39, 0.29) is 24.6 Å². The molecule has 1 heterocycles.